The maximum atomic E-state index is 13.0. The first-order valence-corrected chi connectivity index (χ1v) is 10.2. The number of ether oxygens (including phenoxy) is 2. The van der Waals surface area contributed by atoms with Crippen LogP contribution in [-0.4, -0.2) is 34.6 Å². The molecule has 0 amide bonds. The molecule has 0 radical (unpaired) electrons. The molecule has 2 aromatic carbocycles. The third-order valence-electron chi connectivity index (χ3n) is 3.66. The van der Waals surface area contributed by atoms with Crippen LogP contribution in [0.4, 0.5) is 5.69 Å². The monoisotopic (exact) mass is 441 g/mol. The van der Waals surface area contributed by atoms with Crippen molar-refractivity contribution in [1.29, 1.82) is 0 Å². The van der Waals surface area contributed by atoms with Gasteiger partial charge in [-0.1, -0.05) is 0 Å². The highest BCUT2D eigenvalue weighted by atomic mass is 79.9. The van der Waals surface area contributed by atoms with E-state index in [1.807, 2.05) is 0 Å². The Kier molecular flexibility index (Phi) is 6.66. The van der Waals surface area contributed by atoms with E-state index in [1.165, 1.54) is 23.5 Å². The molecule has 0 spiro atoms. The molecular weight excluding hydrogens is 422 g/mol. The second-order valence-electron chi connectivity index (χ2n) is 5.23. The van der Waals surface area contributed by atoms with Crippen molar-refractivity contribution in [2.45, 2.75) is 18.7 Å². The zero-order valence-corrected chi connectivity index (χ0v) is 17.1. The highest BCUT2D eigenvalue weighted by Crippen LogP contribution is 2.30. The van der Waals surface area contributed by atoms with E-state index in [0.717, 1.165) is 0 Å². The lowest BCUT2D eigenvalue weighted by Crippen LogP contribution is -2.30. The maximum absolute atomic E-state index is 13.0. The fourth-order valence-electron chi connectivity index (χ4n) is 2.40. The molecule has 2 aromatic rings. The molecule has 0 fully saturated rings. The molecule has 0 aromatic heterocycles. The van der Waals surface area contributed by atoms with Crippen molar-refractivity contribution in [1.82, 2.24) is 0 Å². The molecule has 140 valence electrons. The average Bonchev–Trinajstić information content (AvgIpc) is 2.62. The van der Waals surface area contributed by atoms with Crippen LogP contribution in [0, 0.1) is 0 Å². The SMILES string of the molecule is CCOC(=O)c1ccc(N(CC)S(=O)(=O)c2ccc(OC)c(Br)c2)cc1. The van der Waals surface area contributed by atoms with E-state index < -0.39 is 16.0 Å². The second-order valence-corrected chi connectivity index (χ2v) is 7.95. The topological polar surface area (TPSA) is 72.9 Å². The van der Waals surface area contributed by atoms with Crippen LogP contribution in [-0.2, 0) is 14.8 Å². The van der Waals surface area contributed by atoms with E-state index in [4.69, 9.17) is 9.47 Å². The summed E-state index contributed by atoms with van der Waals surface area (Å²) in [6.07, 6.45) is 0. The number of halogens is 1. The fourth-order valence-corrected chi connectivity index (χ4v) is 4.60. The van der Waals surface area contributed by atoms with E-state index >= 15 is 0 Å². The number of hydrogen-bond donors (Lipinski definition) is 0. The van der Waals surface area contributed by atoms with Crippen LogP contribution in [0.5, 0.6) is 5.75 Å². The first-order chi connectivity index (χ1) is 12.3. The van der Waals surface area contributed by atoms with Gasteiger partial charge in [-0.15, -0.1) is 0 Å². The summed E-state index contributed by atoms with van der Waals surface area (Å²) in [5, 5.41) is 0. The van der Waals surface area contributed by atoms with Crippen LogP contribution in [0.15, 0.2) is 51.8 Å². The smallest absolute Gasteiger partial charge is 0.338 e. The summed E-state index contributed by atoms with van der Waals surface area (Å²) in [7, 11) is -2.25. The minimum atomic E-state index is -3.76. The van der Waals surface area contributed by atoms with E-state index in [1.54, 1.807) is 44.2 Å². The Labute approximate surface area is 161 Å². The predicted molar refractivity (Wildman–Crippen MR) is 103 cm³/mol. The van der Waals surface area contributed by atoms with E-state index in [2.05, 4.69) is 15.9 Å². The minimum absolute atomic E-state index is 0.140. The van der Waals surface area contributed by atoms with E-state index in [-0.39, 0.29) is 18.0 Å². The number of sulfonamides is 1. The zero-order valence-electron chi connectivity index (χ0n) is 14.7. The number of rotatable bonds is 7. The van der Waals surface area contributed by atoms with Gasteiger partial charge in [0.25, 0.3) is 10.0 Å². The van der Waals surface area contributed by atoms with Gasteiger partial charge in [-0.2, -0.15) is 0 Å². The summed E-state index contributed by atoms with van der Waals surface area (Å²) in [5.41, 5.74) is 0.837. The number of esters is 1. The Morgan fingerprint density at radius 1 is 1.12 bits per heavy atom. The molecule has 0 N–H and O–H groups in total. The number of anilines is 1. The van der Waals surface area contributed by atoms with Crippen LogP contribution < -0.4 is 9.04 Å². The molecule has 0 aliphatic carbocycles. The Bertz CT molecular complexity index is 881. The molecule has 0 atom stereocenters. The summed E-state index contributed by atoms with van der Waals surface area (Å²) in [5.74, 6) is 0.106. The number of nitrogens with zero attached hydrogens (tertiary/aromatic N) is 1. The Balaban J connectivity index is 2.37. The van der Waals surface area contributed by atoms with Crippen LogP contribution >= 0.6 is 15.9 Å². The van der Waals surface area contributed by atoms with E-state index in [9.17, 15) is 13.2 Å². The summed E-state index contributed by atoms with van der Waals surface area (Å²) < 4.78 is 37.9. The lowest BCUT2D eigenvalue weighted by atomic mass is 10.2. The first-order valence-electron chi connectivity index (χ1n) is 7.98. The molecule has 0 aliphatic heterocycles. The summed E-state index contributed by atoms with van der Waals surface area (Å²) in [6.45, 7) is 3.99. The van der Waals surface area contributed by atoms with Gasteiger partial charge in [0, 0.05) is 6.54 Å². The van der Waals surface area contributed by atoms with Gasteiger partial charge < -0.3 is 9.47 Å². The van der Waals surface area contributed by atoms with Gasteiger partial charge in [0.05, 0.1) is 34.3 Å². The maximum Gasteiger partial charge on any atom is 0.338 e. The van der Waals surface area contributed by atoms with Crippen molar-refractivity contribution in [3.05, 3.63) is 52.5 Å². The largest absolute Gasteiger partial charge is 0.496 e. The van der Waals surface area contributed by atoms with E-state index in [0.29, 0.717) is 21.5 Å². The van der Waals surface area contributed by atoms with Crippen molar-refractivity contribution in [2.24, 2.45) is 0 Å². The van der Waals surface area contributed by atoms with Gasteiger partial charge in [-0.05, 0) is 72.2 Å². The Morgan fingerprint density at radius 3 is 2.27 bits per heavy atom. The summed E-state index contributed by atoms with van der Waals surface area (Å²) >= 11 is 3.31. The third-order valence-corrected chi connectivity index (χ3v) is 6.18. The molecule has 0 saturated heterocycles. The highest BCUT2D eigenvalue weighted by Gasteiger charge is 2.24. The van der Waals surface area contributed by atoms with Gasteiger partial charge in [0.15, 0.2) is 0 Å². The molecule has 0 saturated carbocycles. The number of carbonyl (C=O) groups is 1. The van der Waals surface area contributed by atoms with Crippen molar-refractivity contribution < 1.29 is 22.7 Å². The van der Waals surface area contributed by atoms with Crippen molar-refractivity contribution in [3.63, 3.8) is 0 Å². The number of benzene rings is 2. The molecule has 26 heavy (non-hydrogen) atoms. The zero-order chi connectivity index (χ0) is 19.3. The van der Waals surface area contributed by atoms with Gasteiger partial charge in [-0.25, -0.2) is 13.2 Å². The lowest BCUT2D eigenvalue weighted by molar-refractivity contribution is 0.0526. The van der Waals surface area contributed by atoms with Crippen LogP contribution in [0.2, 0.25) is 0 Å². The van der Waals surface area contributed by atoms with Gasteiger partial charge >= 0.3 is 5.97 Å². The highest BCUT2D eigenvalue weighted by molar-refractivity contribution is 9.10. The molecule has 6 nitrogen and oxygen atoms in total. The van der Waals surface area contributed by atoms with Gasteiger partial charge in [0.2, 0.25) is 0 Å². The van der Waals surface area contributed by atoms with Gasteiger partial charge in [0.1, 0.15) is 5.75 Å². The normalized spacial score (nSPS) is 11.1. The van der Waals surface area contributed by atoms with Crippen molar-refractivity contribution in [2.75, 3.05) is 24.6 Å². The Hall–Kier alpha value is -2.06. The first kappa shape index (κ1) is 20.3. The molecule has 0 aliphatic rings. The minimum Gasteiger partial charge on any atom is -0.496 e. The molecule has 0 unspecified atom stereocenters. The number of hydrogen-bond acceptors (Lipinski definition) is 5. The van der Waals surface area contributed by atoms with Crippen LogP contribution in [0.25, 0.3) is 0 Å². The standard InChI is InChI=1S/C18H20BrNO5S/c1-4-20(14-8-6-13(7-9-14)18(21)25-5-2)26(22,23)15-10-11-17(24-3)16(19)12-15/h6-12H,4-5H2,1-3H3. The second kappa shape index (κ2) is 8.55. The van der Waals surface area contributed by atoms with Crippen LogP contribution in [0.3, 0.4) is 0 Å². The van der Waals surface area contributed by atoms with Crippen LogP contribution in [0.1, 0.15) is 24.2 Å². The lowest BCUT2D eigenvalue weighted by Gasteiger charge is -2.23. The average molecular weight is 442 g/mol. The Morgan fingerprint density at radius 2 is 1.77 bits per heavy atom. The predicted octanol–water partition coefficient (Wildman–Crippen LogP) is 3.85. The van der Waals surface area contributed by atoms with Gasteiger partial charge in [-0.3, -0.25) is 4.31 Å². The molecule has 0 heterocycles. The quantitative estimate of drug-likeness (QED) is 0.610. The summed E-state index contributed by atoms with van der Waals surface area (Å²) in [6, 6.07) is 10.9. The number of methoxy groups -OCH3 is 1. The number of carbonyl (C=O) groups excluding carboxylic acids is 1. The van der Waals surface area contributed by atoms with Crippen molar-refractivity contribution >= 4 is 37.6 Å². The molecule has 8 heteroatoms. The third kappa shape index (κ3) is 4.19. The van der Waals surface area contributed by atoms with Crippen molar-refractivity contribution in [3.8, 4) is 5.75 Å². The fraction of sp³-hybridized carbons (Fsp3) is 0.278. The molecular formula is C18H20BrNO5S. The summed E-state index contributed by atoms with van der Waals surface area (Å²) in [4.78, 5) is 11.9. The molecule has 0 bridgehead atoms. The molecule has 2 rings (SSSR count).